The van der Waals surface area contributed by atoms with Crippen LogP contribution in [0.2, 0.25) is 10.0 Å². The first-order valence-corrected chi connectivity index (χ1v) is 9.69. The Kier molecular flexibility index (Phi) is 8.49. The Hall–Kier alpha value is -2.57. The summed E-state index contributed by atoms with van der Waals surface area (Å²) >= 11 is 12.1. The molecule has 2 rings (SSSR count). The van der Waals surface area contributed by atoms with Gasteiger partial charge in [-0.25, -0.2) is 4.79 Å². The van der Waals surface area contributed by atoms with Crippen molar-refractivity contribution >= 4 is 41.0 Å². The van der Waals surface area contributed by atoms with Crippen LogP contribution in [0.25, 0.3) is 0 Å². The maximum atomic E-state index is 12.9. The van der Waals surface area contributed by atoms with Crippen LogP contribution >= 0.6 is 23.2 Å². The number of carbonyl (C=O) groups excluding carboxylic acids is 3. The van der Waals surface area contributed by atoms with Crippen LogP contribution in [0.1, 0.15) is 18.1 Å². The lowest BCUT2D eigenvalue weighted by atomic mass is 10.0. The number of rotatable bonds is 8. The summed E-state index contributed by atoms with van der Waals surface area (Å²) in [6, 6.07) is 12.3. The zero-order chi connectivity index (χ0) is 21.4. The van der Waals surface area contributed by atoms with Crippen LogP contribution in [0.3, 0.4) is 0 Å². The van der Waals surface area contributed by atoms with Gasteiger partial charge in [-0.1, -0.05) is 59.6 Å². The van der Waals surface area contributed by atoms with Crippen molar-refractivity contribution in [2.24, 2.45) is 0 Å². The molecule has 2 aromatic carbocycles. The van der Waals surface area contributed by atoms with Gasteiger partial charge in [-0.3, -0.25) is 9.59 Å². The third-order valence-corrected chi connectivity index (χ3v) is 4.80. The Bertz CT molecular complexity index is 874. The molecule has 2 aromatic rings. The third kappa shape index (κ3) is 7.07. The number of hydrogen-bond donors (Lipinski definition) is 2. The van der Waals surface area contributed by atoms with Crippen molar-refractivity contribution in [3.63, 3.8) is 0 Å². The number of nitrogens with one attached hydrogen (secondary N) is 2. The number of hydrogen-bond acceptors (Lipinski definition) is 4. The van der Waals surface area contributed by atoms with Crippen LogP contribution < -0.4 is 10.6 Å². The minimum atomic E-state index is -0.974. The molecule has 2 amide bonds. The molecule has 0 saturated heterocycles. The lowest BCUT2D eigenvalue weighted by Gasteiger charge is -2.22. The Morgan fingerprint density at radius 1 is 0.966 bits per heavy atom. The average Bonchev–Trinajstić information content (AvgIpc) is 2.68. The Labute approximate surface area is 179 Å². The van der Waals surface area contributed by atoms with Crippen LogP contribution in [0, 0.1) is 0 Å². The second-order valence-corrected chi connectivity index (χ2v) is 7.31. The first kappa shape index (κ1) is 22.7. The van der Waals surface area contributed by atoms with Crippen LogP contribution in [0.15, 0.2) is 48.5 Å². The van der Waals surface area contributed by atoms with Crippen molar-refractivity contribution < 1.29 is 19.1 Å². The predicted molar refractivity (Wildman–Crippen MR) is 112 cm³/mol. The van der Waals surface area contributed by atoms with Gasteiger partial charge in [0.25, 0.3) is 0 Å². The van der Waals surface area contributed by atoms with Crippen molar-refractivity contribution in [3.05, 3.63) is 69.7 Å². The molecule has 29 heavy (non-hydrogen) atoms. The summed E-state index contributed by atoms with van der Waals surface area (Å²) in [6.07, 6.45) is 0.397. The topological polar surface area (TPSA) is 84.5 Å². The molecule has 0 aliphatic rings. The summed E-state index contributed by atoms with van der Waals surface area (Å²) < 4.78 is 4.82. The molecule has 0 aliphatic heterocycles. The standard InChI is InChI=1S/C21H22Cl2N2O4/c1-13(26)24-18(10-14-6-4-3-5-7-14)20(27)25-19(21(28)29-2)11-15-8-9-16(22)12-17(15)23/h3-9,12,18-19H,10-11H2,1-2H3,(H,24,26)(H,25,27)/t18-,19-/m0/s1. The van der Waals surface area contributed by atoms with Gasteiger partial charge in [0.15, 0.2) is 0 Å². The molecule has 0 aliphatic carbocycles. The summed E-state index contributed by atoms with van der Waals surface area (Å²) in [6.45, 7) is 1.33. The van der Waals surface area contributed by atoms with Crippen molar-refractivity contribution in [3.8, 4) is 0 Å². The molecule has 2 N–H and O–H groups in total. The highest BCUT2D eigenvalue weighted by atomic mass is 35.5. The lowest BCUT2D eigenvalue weighted by Crippen LogP contribution is -2.53. The molecule has 0 fully saturated rings. The van der Waals surface area contributed by atoms with Crippen molar-refractivity contribution in [1.82, 2.24) is 10.6 Å². The number of esters is 1. The molecule has 0 bridgehead atoms. The van der Waals surface area contributed by atoms with Gasteiger partial charge in [-0.15, -0.1) is 0 Å². The molecular weight excluding hydrogens is 415 g/mol. The first-order chi connectivity index (χ1) is 13.8. The maximum Gasteiger partial charge on any atom is 0.328 e. The summed E-state index contributed by atoms with van der Waals surface area (Å²) in [5, 5.41) is 6.13. The number of amides is 2. The van der Waals surface area contributed by atoms with Crippen LogP contribution in [-0.4, -0.2) is 37.0 Å². The molecular formula is C21H22Cl2N2O4. The minimum Gasteiger partial charge on any atom is -0.467 e. The second-order valence-electron chi connectivity index (χ2n) is 6.47. The number of halogens is 2. The maximum absolute atomic E-state index is 12.9. The van der Waals surface area contributed by atoms with E-state index in [4.69, 9.17) is 27.9 Å². The molecule has 0 aromatic heterocycles. The van der Waals surface area contributed by atoms with E-state index in [1.165, 1.54) is 14.0 Å². The number of carbonyl (C=O) groups is 3. The highest BCUT2D eigenvalue weighted by molar-refractivity contribution is 6.35. The van der Waals surface area contributed by atoms with Gasteiger partial charge in [0.2, 0.25) is 11.8 Å². The van der Waals surface area contributed by atoms with E-state index in [0.29, 0.717) is 15.6 Å². The molecule has 154 valence electrons. The Morgan fingerprint density at radius 2 is 1.66 bits per heavy atom. The number of methoxy groups -OCH3 is 1. The fourth-order valence-electron chi connectivity index (χ4n) is 2.82. The zero-order valence-electron chi connectivity index (χ0n) is 16.1. The van der Waals surface area contributed by atoms with Gasteiger partial charge in [-0.2, -0.15) is 0 Å². The predicted octanol–water partition coefficient (Wildman–Crippen LogP) is 2.94. The minimum absolute atomic E-state index is 0.118. The monoisotopic (exact) mass is 436 g/mol. The molecule has 0 heterocycles. The van der Waals surface area contributed by atoms with E-state index in [2.05, 4.69) is 10.6 Å². The highest BCUT2D eigenvalue weighted by Gasteiger charge is 2.27. The largest absolute Gasteiger partial charge is 0.467 e. The summed E-state index contributed by atoms with van der Waals surface area (Å²) in [7, 11) is 1.24. The molecule has 6 nitrogen and oxygen atoms in total. The van der Waals surface area contributed by atoms with Gasteiger partial charge < -0.3 is 15.4 Å². The lowest BCUT2D eigenvalue weighted by molar-refractivity contribution is -0.145. The molecule has 0 unspecified atom stereocenters. The average molecular weight is 437 g/mol. The molecule has 2 atom stereocenters. The Morgan fingerprint density at radius 3 is 2.24 bits per heavy atom. The van der Waals surface area contributed by atoms with Crippen LogP contribution in [0.4, 0.5) is 0 Å². The summed E-state index contributed by atoms with van der Waals surface area (Å²) in [5.74, 6) is -1.47. The van der Waals surface area contributed by atoms with E-state index >= 15 is 0 Å². The fraction of sp³-hybridized carbons (Fsp3) is 0.286. The van der Waals surface area contributed by atoms with E-state index in [-0.39, 0.29) is 18.7 Å². The van der Waals surface area contributed by atoms with Gasteiger partial charge in [0.1, 0.15) is 12.1 Å². The van der Waals surface area contributed by atoms with E-state index in [0.717, 1.165) is 5.56 Å². The normalized spacial score (nSPS) is 12.6. The second kappa shape index (κ2) is 10.8. The SMILES string of the molecule is COC(=O)[C@H](Cc1ccc(Cl)cc1Cl)NC(=O)[C@H](Cc1ccccc1)NC(C)=O. The van der Waals surface area contributed by atoms with Crippen LogP contribution in [-0.2, 0) is 32.0 Å². The first-order valence-electron chi connectivity index (χ1n) is 8.93. The van der Waals surface area contributed by atoms with Gasteiger partial charge >= 0.3 is 5.97 Å². The van der Waals surface area contributed by atoms with Crippen LogP contribution in [0.5, 0.6) is 0 Å². The quantitative estimate of drug-likeness (QED) is 0.622. The summed E-state index contributed by atoms with van der Waals surface area (Å²) in [5.41, 5.74) is 1.50. The number of ether oxygens (including phenoxy) is 1. The zero-order valence-corrected chi connectivity index (χ0v) is 17.6. The van der Waals surface area contributed by atoms with Gasteiger partial charge in [0.05, 0.1) is 7.11 Å². The van der Waals surface area contributed by atoms with Crippen molar-refractivity contribution in [2.45, 2.75) is 31.8 Å². The smallest absolute Gasteiger partial charge is 0.328 e. The van der Waals surface area contributed by atoms with Gasteiger partial charge in [0, 0.05) is 29.8 Å². The van der Waals surface area contributed by atoms with E-state index < -0.39 is 24.0 Å². The van der Waals surface area contributed by atoms with E-state index in [9.17, 15) is 14.4 Å². The Balaban J connectivity index is 2.18. The number of benzene rings is 2. The molecule has 0 radical (unpaired) electrons. The highest BCUT2D eigenvalue weighted by Crippen LogP contribution is 2.22. The van der Waals surface area contributed by atoms with Gasteiger partial charge in [-0.05, 0) is 23.3 Å². The van der Waals surface area contributed by atoms with E-state index in [1.54, 1.807) is 18.2 Å². The van der Waals surface area contributed by atoms with Crippen molar-refractivity contribution in [2.75, 3.05) is 7.11 Å². The third-order valence-electron chi connectivity index (χ3n) is 4.22. The molecule has 8 heteroatoms. The van der Waals surface area contributed by atoms with E-state index in [1.807, 2.05) is 30.3 Å². The fourth-order valence-corrected chi connectivity index (χ4v) is 3.31. The van der Waals surface area contributed by atoms with Crippen molar-refractivity contribution in [1.29, 1.82) is 0 Å². The molecule has 0 saturated carbocycles. The summed E-state index contributed by atoms with van der Waals surface area (Å²) in [4.78, 5) is 36.7. The molecule has 0 spiro atoms.